The first-order chi connectivity index (χ1) is 16.9. The molecule has 174 valence electrons. The number of hydrogen-bond acceptors (Lipinski definition) is 4. The van der Waals surface area contributed by atoms with Crippen molar-refractivity contribution in [3.8, 4) is 0 Å². The summed E-state index contributed by atoms with van der Waals surface area (Å²) in [4.78, 5) is 16.9. The van der Waals surface area contributed by atoms with Crippen LogP contribution in [0.3, 0.4) is 0 Å². The highest BCUT2D eigenvalue weighted by molar-refractivity contribution is 6.30. The largest absolute Gasteiger partial charge is 0.324 e. The van der Waals surface area contributed by atoms with Crippen LogP contribution in [0.25, 0.3) is 11.8 Å². The summed E-state index contributed by atoms with van der Waals surface area (Å²) in [5.41, 5.74) is 3.40. The van der Waals surface area contributed by atoms with E-state index < -0.39 is 5.91 Å². The molecule has 0 saturated carbocycles. The molecular weight excluding hydrogens is 488 g/mol. The third-order valence-electron chi connectivity index (χ3n) is 5.36. The summed E-state index contributed by atoms with van der Waals surface area (Å²) in [7, 11) is 0. The zero-order valence-electron chi connectivity index (χ0n) is 18.1. The van der Waals surface area contributed by atoms with Crippen LogP contribution in [0.1, 0.15) is 22.7 Å². The smallest absolute Gasteiger partial charge is 0.250 e. The summed E-state index contributed by atoms with van der Waals surface area (Å²) < 4.78 is 14.8. The van der Waals surface area contributed by atoms with E-state index >= 15 is 0 Å². The zero-order valence-corrected chi connectivity index (χ0v) is 19.6. The second kappa shape index (κ2) is 9.74. The molecule has 2 N–H and O–H groups in total. The second-order valence-corrected chi connectivity index (χ2v) is 8.66. The van der Waals surface area contributed by atoms with E-state index in [0.29, 0.717) is 21.6 Å². The van der Waals surface area contributed by atoms with E-state index in [-0.39, 0.29) is 17.8 Å². The zero-order chi connectivity index (χ0) is 24.4. The molecule has 1 atom stereocenters. The number of halogens is 3. The van der Waals surface area contributed by atoms with E-state index in [2.05, 4.69) is 20.7 Å². The third kappa shape index (κ3) is 5.26. The number of aromatic nitrogens is 3. The van der Waals surface area contributed by atoms with Crippen molar-refractivity contribution < 1.29 is 9.18 Å². The van der Waals surface area contributed by atoms with Crippen LogP contribution in [-0.4, -0.2) is 20.7 Å². The molecule has 5 rings (SSSR count). The summed E-state index contributed by atoms with van der Waals surface area (Å²) in [6, 6.07) is 20.5. The minimum atomic E-state index is -0.411. The number of anilines is 2. The molecular formula is C26H18Cl2FN5O. The Labute approximate surface area is 210 Å². The molecule has 2 heterocycles. The molecule has 0 fully saturated rings. The van der Waals surface area contributed by atoms with Gasteiger partial charge in [0.05, 0.1) is 0 Å². The average Bonchev–Trinajstić information content (AvgIpc) is 3.26. The Morgan fingerprint density at radius 2 is 1.63 bits per heavy atom. The Kier molecular flexibility index (Phi) is 6.35. The van der Waals surface area contributed by atoms with Crippen molar-refractivity contribution in [1.82, 2.24) is 14.8 Å². The molecule has 1 amide bonds. The Bertz CT molecular complexity index is 1430. The lowest BCUT2D eigenvalue weighted by Gasteiger charge is -2.24. The van der Waals surface area contributed by atoms with Crippen LogP contribution in [0, 0.1) is 5.82 Å². The number of hydrogen-bond donors (Lipinski definition) is 2. The fraction of sp³-hybridized carbons (Fsp3) is 0.0385. The van der Waals surface area contributed by atoms with Crippen molar-refractivity contribution in [2.75, 3.05) is 10.6 Å². The number of nitrogens with zero attached hydrogens (tertiary/aromatic N) is 3. The fourth-order valence-corrected chi connectivity index (χ4v) is 3.89. The standard InChI is InChI=1S/C26H18Cl2FN5O/c27-19-8-4-17(5-9-19)22-15-23(18-6-10-20(28)11-7-18)34-26(30-22)32-25(33-34)31-24(35)14-3-16-1-12-21(29)13-2-16/h1-15,23H,(H2,30,31,32,33,35)/b14-3+/t23-/m0/s1. The highest BCUT2D eigenvalue weighted by Crippen LogP contribution is 2.34. The van der Waals surface area contributed by atoms with Crippen LogP contribution >= 0.6 is 23.2 Å². The molecule has 1 aliphatic heterocycles. The molecule has 35 heavy (non-hydrogen) atoms. The van der Waals surface area contributed by atoms with Crippen LogP contribution in [0.2, 0.25) is 10.0 Å². The first-order valence-corrected chi connectivity index (χ1v) is 11.4. The molecule has 6 nitrogen and oxygen atoms in total. The predicted octanol–water partition coefficient (Wildman–Crippen LogP) is 6.43. The number of benzene rings is 3. The molecule has 0 radical (unpaired) electrons. The lowest BCUT2D eigenvalue weighted by Crippen LogP contribution is -2.20. The first kappa shape index (κ1) is 22.8. The molecule has 3 aromatic carbocycles. The molecule has 4 aromatic rings. The van der Waals surface area contributed by atoms with Gasteiger partial charge < -0.3 is 5.32 Å². The number of carbonyl (C=O) groups is 1. The monoisotopic (exact) mass is 505 g/mol. The van der Waals surface area contributed by atoms with Gasteiger partial charge in [-0.1, -0.05) is 59.6 Å². The Morgan fingerprint density at radius 1 is 0.971 bits per heavy atom. The van der Waals surface area contributed by atoms with Crippen molar-refractivity contribution in [2.24, 2.45) is 0 Å². The van der Waals surface area contributed by atoms with Crippen LogP contribution in [0.4, 0.5) is 16.3 Å². The maximum atomic E-state index is 13.1. The van der Waals surface area contributed by atoms with Gasteiger partial charge >= 0.3 is 0 Å². The van der Waals surface area contributed by atoms with E-state index in [1.165, 1.54) is 18.2 Å². The molecule has 0 unspecified atom stereocenters. The number of nitrogens with one attached hydrogen (secondary N) is 2. The third-order valence-corrected chi connectivity index (χ3v) is 5.87. The van der Waals surface area contributed by atoms with Crippen molar-refractivity contribution >= 4 is 52.8 Å². The summed E-state index contributed by atoms with van der Waals surface area (Å²) in [5.74, 6) is -0.138. The maximum absolute atomic E-state index is 13.1. The topological polar surface area (TPSA) is 71.8 Å². The number of allylic oxidation sites excluding steroid dienone is 1. The summed E-state index contributed by atoms with van der Waals surface area (Å²) in [5, 5.41) is 11.7. The Balaban J connectivity index is 1.42. The van der Waals surface area contributed by atoms with Gasteiger partial charge in [-0.15, -0.1) is 5.10 Å². The van der Waals surface area contributed by atoms with Gasteiger partial charge in [-0.3, -0.25) is 10.1 Å². The van der Waals surface area contributed by atoms with Crippen LogP contribution < -0.4 is 10.6 Å². The first-order valence-electron chi connectivity index (χ1n) is 10.7. The van der Waals surface area contributed by atoms with Gasteiger partial charge in [0, 0.05) is 21.8 Å². The van der Waals surface area contributed by atoms with Crippen molar-refractivity contribution in [1.29, 1.82) is 0 Å². The predicted molar refractivity (Wildman–Crippen MR) is 137 cm³/mol. The highest BCUT2D eigenvalue weighted by Gasteiger charge is 2.25. The molecule has 0 saturated heterocycles. The van der Waals surface area contributed by atoms with Gasteiger partial charge in [-0.25, -0.2) is 9.07 Å². The van der Waals surface area contributed by atoms with Crippen LogP contribution in [-0.2, 0) is 4.79 Å². The number of amides is 1. The van der Waals surface area contributed by atoms with Gasteiger partial charge in [-0.05, 0) is 65.2 Å². The van der Waals surface area contributed by atoms with E-state index in [4.69, 9.17) is 23.2 Å². The lowest BCUT2D eigenvalue weighted by molar-refractivity contribution is -0.111. The van der Waals surface area contributed by atoms with E-state index in [1.807, 2.05) is 54.6 Å². The van der Waals surface area contributed by atoms with E-state index in [1.54, 1.807) is 22.9 Å². The normalized spacial score (nSPS) is 14.8. The van der Waals surface area contributed by atoms with Gasteiger partial charge in [0.1, 0.15) is 11.9 Å². The molecule has 1 aromatic heterocycles. The molecule has 9 heteroatoms. The number of rotatable bonds is 5. The molecule has 1 aliphatic rings. The number of carbonyl (C=O) groups excluding carboxylic acids is 1. The van der Waals surface area contributed by atoms with Crippen molar-refractivity contribution in [3.05, 3.63) is 118 Å². The number of fused-ring (bicyclic) bond motifs is 1. The SMILES string of the molecule is O=C(/C=C/c1ccc(F)cc1)Nc1nc2n(n1)[C@H](c1ccc(Cl)cc1)C=C(c1ccc(Cl)cc1)N2. The van der Waals surface area contributed by atoms with Gasteiger partial charge in [-0.2, -0.15) is 4.98 Å². The van der Waals surface area contributed by atoms with Crippen LogP contribution in [0.5, 0.6) is 0 Å². The van der Waals surface area contributed by atoms with E-state index in [9.17, 15) is 9.18 Å². The molecule has 0 bridgehead atoms. The second-order valence-electron chi connectivity index (χ2n) is 7.79. The van der Waals surface area contributed by atoms with Gasteiger partial charge in [0.25, 0.3) is 11.9 Å². The van der Waals surface area contributed by atoms with E-state index in [0.717, 1.165) is 16.8 Å². The molecule has 0 aliphatic carbocycles. The highest BCUT2D eigenvalue weighted by atomic mass is 35.5. The average molecular weight is 506 g/mol. The van der Waals surface area contributed by atoms with Gasteiger partial charge in [0.2, 0.25) is 5.95 Å². The lowest BCUT2D eigenvalue weighted by atomic mass is 10.0. The maximum Gasteiger partial charge on any atom is 0.250 e. The minimum absolute atomic E-state index is 0.144. The summed E-state index contributed by atoms with van der Waals surface area (Å²) in [6.45, 7) is 0. The Morgan fingerprint density at radius 3 is 2.31 bits per heavy atom. The quantitative estimate of drug-likeness (QED) is 0.306. The summed E-state index contributed by atoms with van der Waals surface area (Å²) >= 11 is 12.1. The van der Waals surface area contributed by atoms with Crippen molar-refractivity contribution in [2.45, 2.75) is 6.04 Å². The fourth-order valence-electron chi connectivity index (χ4n) is 3.64. The van der Waals surface area contributed by atoms with Gasteiger partial charge in [0.15, 0.2) is 0 Å². The minimum Gasteiger partial charge on any atom is -0.324 e. The van der Waals surface area contributed by atoms with Crippen molar-refractivity contribution in [3.63, 3.8) is 0 Å². The summed E-state index contributed by atoms with van der Waals surface area (Å²) in [6.07, 6.45) is 4.95. The Hall–Kier alpha value is -3.94. The van der Waals surface area contributed by atoms with Crippen LogP contribution in [0.15, 0.2) is 84.9 Å². The molecule has 0 spiro atoms.